The van der Waals surface area contributed by atoms with Crippen LogP contribution in [0.3, 0.4) is 0 Å². The Morgan fingerprint density at radius 1 is 0.408 bits per heavy atom. The van der Waals surface area contributed by atoms with E-state index in [-0.39, 0.29) is 115 Å². The molecule has 576 valence electrons. The van der Waals surface area contributed by atoms with Crippen LogP contribution in [0.1, 0.15) is 140 Å². The van der Waals surface area contributed by atoms with E-state index in [1.54, 1.807) is 0 Å². The lowest BCUT2D eigenvalue weighted by Gasteiger charge is -2.44. The number of nitrogens with one attached hydrogen (secondary N) is 5. The SMILES string of the molecule is CC(=O)N[C@@H]1C(OCCOCCOCCNC(=O)c2cc(NC(=O)CCCCCCCCCCC(=O)Oc3c(F)c(F)c(F)c(F)c3F)cc(C(=O)NCCOCCOCCOC3O[C@H](COC(C)=O)[C@H](OC(C)=O)[C@H](OC(C)=O)[C@H]3NC(C)=O)c2)O[C@@H](COC(C)=O)[C@@H](OC(C)=O)[C@H]1OC(C)=O. The molecule has 2 heterocycles. The molecule has 2 aliphatic rings. The van der Waals surface area contributed by atoms with Crippen LogP contribution in [-0.4, -0.2) is 225 Å². The Hall–Kier alpha value is -8.59. The van der Waals surface area contributed by atoms with Gasteiger partial charge in [0, 0.05) is 98.1 Å². The van der Waals surface area contributed by atoms with Crippen LogP contribution in [0.4, 0.5) is 27.6 Å². The number of halogens is 5. The third-order valence-corrected chi connectivity index (χ3v) is 14.6. The zero-order valence-electron chi connectivity index (χ0n) is 58.4. The van der Waals surface area contributed by atoms with Crippen molar-refractivity contribution >= 4 is 77.0 Å². The van der Waals surface area contributed by atoms with Gasteiger partial charge in [-0.2, -0.15) is 8.78 Å². The second kappa shape index (κ2) is 46.2. The predicted octanol–water partition coefficient (Wildman–Crippen LogP) is 3.70. The fourth-order valence-electron chi connectivity index (χ4n) is 10.3. The molecule has 2 saturated heterocycles. The summed E-state index contributed by atoms with van der Waals surface area (Å²) in [5.74, 6) is -21.5. The van der Waals surface area contributed by atoms with Gasteiger partial charge in [0.25, 0.3) is 11.8 Å². The van der Waals surface area contributed by atoms with Crippen LogP contribution >= 0.6 is 0 Å². The van der Waals surface area contributed by atoms with Gasteiger partial charge < -0.3 is 97.6 Å². The van der Waals surface area contributed by atoms with E-state index in [1.165, 1.54) is 32.0 Å². The Morgan fingerprint density at radius 2 is 0.757 bits per heavy atom. The lowest BCUT2D eigenvalue weighted by Crippen LogP contribution is -2.66. The summed E-state index contributed by atoms with van der Waals surface area (Å²) in [5.41, 5.74) is 0.132. The molecule has 0 spiro atoms. The highest BCUT2D eigenvalue weighted by Gasteiger charge is 2.53. The molecule has 0 saturated carbocycles. The van der Waals surface area contributed by atoms with Crippen molar-refractivity contribution in [2.75, 3.05) is 97.7 Å². The summed E-state index contributed by atoms with van der Waals surface area (Å²) < 4.78 is 151. The number of unbranched alkanes of at least 4 members (excludes halogenated alkanes) is 7. The van der Waals surface area contributed by atoms with Gasteiger partial charge in [0.05, 0.1) is 66.1 Å². The van der Waals surface area contributed by atoms with Gasteiger partial charge in [-0.3, -0.25) is 57.5 Å². The van der Waals surface area contributed by atoms with E-state index in [0.717, 1.165) is 60.8 Å². The van der Waals surface area contributed by atoms with Crippen LogP contribution in [0.5, 0.6) is 5.75 Å². The highest BCUT2D eigenvalue weighted by atomic mass is 19.2. The standard InChI is InChI=1S/C66H90F5N5O27/c1-36(77)74-56-61(99-42(7)83)58(97-40(5)81)47(34-95-38(3)79)101-65(56)93-29-27-91-25-23-89-21-19-72-63(87)44-31-45(33-46(32-44)76-49(85)17-15-13-11-9-10-12-14-16-18-50(86)103-60-54(70)52(68)51(67)53(69)55(60)71)64(88)73-20-22-90-24-26-92-28-30-94-66-57(75-37(2)78)62(100-43(8)84)59(98-41(6)82)48(102-66)35-96-39(4)80/h31-33,47-48,56-59,61-62,65-66H,9-30,34-35H2,1-8H3,(H,72,87)(H,73,88)(H,74,77)(H,75,78)(H,76,85)/t47-,48+,56-,57+,58+,59-,61-,62+,65?,66?. The summed E-state index contributed by atoms with van der Waals surface area (Å²) in [4.78, 5) is 149. The molecule has 32 nitrogen and oxygen atoms in total. The molecule has 5 amide bonds. The number of hydrogen-bond acceptors (Lipinski definition) is 27. The fraction of sp³-hybridized carbons (Fsp3) is 0.636. The molecule has 4 rings (SSSR count). The minimum atomic E-state index is -2.38. The number of ether oxygens (including phenoxy) is 15. The highest BCUT2D eigenvalue weighted by Crippen LogP contribution is 2.32. The molecule has 2 aromatic rings. The van der Waals surface area contributed by atoms with Crippen LogP contribution in [0.25, 0.3) is 0 Å². The number of anilines is 1. The van der Waals surface area contributed by atoms with E-state index in [4.69, 9.17) is 66.3 Å². The van der Waals surface area contributed by atoms with Crippen LogP contribution in [0.15, 0.2) is 18.2 Å². The molecule has 0 radical (unpaired) electrons. The van der Waals surface area contributed by atoms with E-state index in [0.29, 0.717) is 25.7 Å². The first kappa shape index (κ1) is 86.8. The molecule has 10 atom stereocenters. The number of rotatable bonds is 45. The third-order valence-electron chi connectivity index (χ3n) is 14.6. The number of hydrogen-bond donors (Lipinski definition) is 5. The summed E-state index contributed by atoms with van der Waals surface area (Å²) in [6.07, 6.45) is -5.81. The van der Waals surface area contributed by atoms with E-state index in [1.807, 2.05) is 0 Å². The molecule has 37 heteroatoms. The molecular weight excluding hydrogens is 1390 g/mol. The van der Waals surface area contributed by atoms with Crippen molar-refractivity contribution in [2.24, 2.45) is 0 Å². The molecule has 0 bridgehead atoms. The molecule has 2 unspecified atom stereocenters. The van der Waals surface area contributed by atoms with Gasteiger partial charge in [-0.05, 0) is 31.0 Å². The maximum Gasteiger partial charge on any atom is 0.311 e. The quantitative estimate of drug-likeness (QED) is 0.0120. The Bertz CT molecular complexity index is 3020. The van der Waals surface area contributed by atoms with Gasteiger partial charge in [-0.15, -0.1) is 0 Å². The first-order valence-corrected chi connectivity index (χ1v) is 33.1. The predicted molar refractivity (Wildman–Crippen MR) is 341 cm³/mol. The Balaban J connectivity index is 1.27. The summed E-state index contributed by atoms with van der Waals surface area (Å²) in [5, 5.41) is 13.3. The van der Waals surface area contributed by atoms with Gasteiger partial charge in [0.2, 0.25) is 52.6 Å². The lowest BCUT2D eigenvalue weighted by molar-refractivity contribution is -0.279. The molecule has 0 aliphatic carbocycles. The normalized spacial score (nSPS) is 19.9. The largest absolute Gasteiger partial charge is 0.463 e. The van der Waals surface area contributed by atoms with E-state index < -0.39 is 181 Å². The Morgan fingerprint density at radius 3 is 1.14 bits per heavy atom. The first-order valence-electron chi connectivity index (χ1n) is 33.1. The minimum Gasteiger partial charge on any atom is -0.463 e. The van der Waals surface area contributed by atoms with Crippen molar-refractivity contribution in [3.8, 4) is 5.75 Å². The van der Waals surface area contributed by atoms with Crippen LogP contribution in [0.2, 0.25) is 0 Å². The summed E-state index contributed by atoms with van der Waals surface area (Å²) >= 11 is 0. The minimum absolute atomic E-state index is 0.000792. The topological polar surface area (TPSA) is 403 Å². The monoisotopic (exact) mass is 1480 g/mol. The number of benzene rings is 2. The van der Waals surface area contributed by atoms with E-state index in [9.17, 15) is 79.5 Å². The van der Waals surface area contributed by atoms with Crippen molar-refractivity contribution in [1.29, 1.82) is 0 Å². The Kier molecular flexibility index (Phi) is 38.9. The summed E-state index contributed by atoms with van der Waals surface area (Å²) in [7, 11) is 0. The number of amides is 5. The Labute approximate surface area is 589 Å². The number of carbonyl (C=O) groups excluding carboxylic acids is 12. The smallest absolute Gasteiger partial charge is 0.311 e. The van der Waals surface area contributed by atoms with Crippen LogP contribution < -0.4 is 31.3 Å². The van der Waals surface area contributed by atoms with Crippen molar-refractivity contribution in [3.05, 3.63) is 58.4 Å². The van der Waals surface area contributed by atoms with E-state index in [2.05, 4.69) is 31.3 Å². The molecule has 2 aromatic carbocycles. The van der Waals surface area contributed by atoms with Crippen molar-refractivity contribution in [1.82, 2.24) is 21.3 Å². The maximum absolute atomic E-state index is 13.9. The van der Waals surface area contributed by atoms with Gasteiger partial charge in [0.1, 0.15) is 37.5 Å². The second-order valence-corrected chi connectivity index (χ2v) is 23.2. The number of carbonyl (C=O) groups is 12. The van der Waals surface area contributed by atoms with E-state index >= 15 is 0 Å². The average Bonchev–Trinajstić information content (AvgIpc) is 0.857. The van der Waals surface area contributed by atoms with Gasteiger partial charge >= 0.3 is 41.8 Å². The third kappa shape index (κ3) is 31.9. The van der Waals surface area contributed by atoms with Crippen molar-refractivity contribution < 1.29 is 151 Å². The molecular formula is C66H90F5N5O27. The molecule has 103 heavy (non-hydrogen) atoms. The maximum atomic E-state index is 13.9. The van der Waals surface area contributed by atoms with Crippen LogP contribution in [-0.2, 0) is 114 Å². The molecule has 2 fully saturated rings. The molecule has 2 aliphatic heterocycles. The zero-order valence-corrected chi connectivity index (χ0v) is 58.4. The summed E-state index contributed by atoms with van der Waals surface area (Å²) in [6.45, 7) is 8.07. The van der Waals surface area contributed by atoms with Gasteiger partial charge in [-0.25, -0.2) is 13.2 Å². The molecule has 5 N–H and O–H groups in total. The van der Waals surface area contributed by atoms with Gasteiger partial charge in [-0.1, -0.05) is 38.5 Å². The fourth-order valence-corrected chi connectivity index (χ4v) is 10.3. The van der Waals surface area contributed by atoms with Gasteiger partial charge in [0.15, 0.2) is 37.0 Å². The van der Waals surface area contributed by atoms with Crippen molar-refractivity contribution in [2.45, 2.75) is 181 Å². The zero-order chi connectivity index (χ0) is 76.1. The first-order chi connectivity index (χ1) is 49.0. The van der Waals surface area contributed by atoms with Crippen LogP contribution in [0, 0.1) is 29.1 Å². The average molecular weight is 1480 g/mol. The number of esters is 7. The van der Waals surface area contributed by atoms with Crippen molar-refractivity contribution in [3.63, 3.8) is 0 Å². The molecule has 0 aromatic heterocycles. The highest BCUT2D eigenvalue weighted by molar-refractivity contribution is 6.02. The summed E-state index contributed by atoms with van der Waals surface area (Å²) in [6, 6.07) is 1.71. The second-order valence-electron chi connectivity index (χ2n) is 23.2. The lowest BCUT2D eigenvalue weighted by atomic mass is 9.96.